The summed E-state index contributed by atoms with van der Waals surface area (Å²) < 4.78 is 64.3. The van der Waals surface area contributed by atoms with Crippen molar-refractivity contribution in [2.45, 2.75) is 49.5 Å². The van der Waals surface area contributed by atoms with Crippen LogP contribution in [0.2, 0.25) is 5.02 Å². The van der Waals surface area contributed by atoms with E-state index in [1.54, 1.807) is 17.2 Å². The van der Waals surface area contributed by atoms with Gasteiger partial charge in [0.1, 0.15) is 23.6 Å². The van der Waals surface area contributed by atoms with E-state index >= 15 is 4.39 Å². The van der Waals surface area contributed by atoms with Gasteiger partial charge in [-0.2, -0.15) is 4.98 Å². The molecular formula is C47H50ClFN8O8S. The highest BCUT2D eigenvalue weighted by Gasteiger charge is 2.41. The summed E-state index contributed by atoms with van der Waals surface area (Å²) in [6.45, 7) is 4.75. The number of aromatic nitrogens is 2. The van der Waals surface area contributed by atoms with Crippen molar-refractivity contribution in [2.75, 3.05) is 87.4 Å². The van der Waals surface area contributed by atoms with E-state index in [-0.39, 0.29) is 54.3 Å². The number of benzene rings is 3. The van der Waals surface area contributed by atoms with Gasteiger partial charge in [-0.3, -0.25) is 19.8 Å². The van der Waals surface area contributed by atoms with Gasteiger partial charge in [-0.1, -0.05) is 35.7 Å². The number of nitrogens with zero attached hydrogens (tertiary/aromatic N) is 5. The number of halogens is 2. The normalized spacial score (nSPS) is 19.9. The third-order valence-corrected chi connectivity index (χ3v) is 15.3. The van der Waals surface area contributed by atoms with Crippen molar-refractivity contribution >= 4 is 72.6 Å². The van der Waals surface area contributed by atoms with Gasteiger partial charge in [0.25, 0.3) is 21.6 Å². The molecule has 16 nitrogen and oxygen atoms in total. The number of carbonyl (C=O) groups excluding carboxylic acids is 1. The first-order valence-electron chi connectivity index (χ1n) is 22.4. The number of pyridine rings is 1. The van der Waals surface area contributed by atoms with Crippen molar-refractivity contribution in [3.05, 3.63) is 111 Å². The number of aromatic amines is 1. The monoisotopic (exact) mass is 940 g/mol. The van der Waals surface area contributed by atoms with Crippen LogP contribution in [0.3, 0.4) is 0 Å². The first kappa shape index (κ1) is 44.1. The lowest BCUT2D eigenvalue weighted by molar-refractivity contribution is -0.384. The van der Waals surface area contributed by atoms with Crippen LogP contribution in [0.4, 0.5) is 32.8 Å². The summed E-state index contributed by atoms with van der Waals surface area (Å²) in [7, 11) is -4.72. The molecule has 1 amide bonds. The number of nitro groups is 1. The van der Waals surface area contributed by atoms with Crippen LogP contribution in [0, 0.1) is 21.3 Å². The van der Waals surface area contributed by atoms with Gasteiger partial charge in [-0.25, -0.2) is 17.5 Å². The minimum Gasteiger partial charge on any atom is -0.474 e. The minimum atomic E-state index is -4.72. The van der Waals surface area contributed by atoms with Gasteiger partial charge in [-0.15, -0.1) is 0 Å². The van der Waals surface area contributed by atoms with Crippen LogP contribution in [0.15, 0.2) is 83.4 Å². The number of carbonyl (C=O) groups is 1. The summed E-state index contributed by atoms with van der Waals surface area (Å²) in [4.78, 5) is 38.8. The molecule has 1 saturated carbocycles. The fourth-order valence-corrected chi connectivity index (χ4v) is 11.1. The second kappa shape index (κ2) is 18.1. The lowest BCUT2D eigenvalue weighted by Crippen LogP contribution is -2.47. The van der Waals surface area contributed by atoms with Crippen LogP contribution in [0.1, 0.15) is 54.4 Å². The Morgan fingerprint density at radius 1 is 0.985 bits per heavy atom. The van der Waals surface area contributed by atoms with Crippen LogP contribution in [-0.2, 0) is 19.5 Å². The van der Waals surface area contributed by atoms with E-state index in [1.807, 2.05) is 23.1 Å². The van der Waals surface area contributed by atoms with Gasteiger partial charge in [0.15, 0.2) is 5.82 Å². The average Bonchev–Trinajstić information content (AvgIpc) is 3.78. The molecule has 346 valence electrons. The van der Waals surface area contributed by atoms with Gasteiger partial charge >= 0.3 is 0 Å². The lowest BCUT2D eigenvalue weighted by Gasteiger charge is -2.47. The Bertz CT molecular complexity index is 2820. The number of hydrogen-bond donors (Lipinski definition) is 3. The maximum absolute atomic E-state index is 17.6. The number of nitro benzene ring substituents is 1. The van der Waals surface area contributed by atoms with E-state index in [0.29, 0.717) is 67.8 Å². The standard InChI is InChI=1S/C47H50ClFN8O8S/c48-33-4-2-30(3-5-33)37-26-47(12-1-13-47)14-10-32(37)28-54-16-18-55(19-17-54)39-9-7-36(43(42(39)49)56-20-21-65-46-41(56)24-31-11-15-50-44(31)52-46)45(58)53-66(61,62)35-6-8-38(40(25-35)57(59)60)51-27-34-29-63-22-23-64-34/h2-9,11,15,24-25,34,51H,1,10,12-14,16-23,26-29H2,(H,50,52)(H,53,58)/t34-/m0/s1. The molecule has 3 aromatic carbocycles. The quantitative estimate of drug-likeness (QED) is 0.0819. The molecule has 0 bridgehead atoms. The molecule has 10 rings (SSSR count). The molecule has 19 heteroatoms. The molecule has 0 radical (unpaired) electrons. The molecular weight excluding hydrogens is 891 g/mol. The van der Waals surface area contributed by atoms with Crippen LogP contribution < -0.4 is 24.6 Å². The number of amides is 1. The smallest absolute Gasteiger partial charge is 0.293 e. The Labute approximate surface area is 386 Å². The summed E-state index contributed by atoms with van der Waals surface area (Å²) in [6, 6.07) is 18.0. The zero-order valence-corrected chi connectivity index (χ0v) is 37.8. The molecule has 1 atom stereocenters. The fourth-order valence-electron chi connectivity index (χ4n) is 9.99. The second-order valence-electron chi connectivity index (χ2n) is 17.7. The third kappa shape index (κ3) is 8.79. The minimum absolute atomic E-state index is 0.0620. The predicted octanol–water partition coefficient (Wildman–Crippen LogP) is 7.67. The predicted molar refractivity (Wildman–Crippen MR) is 249 cm³/mol. The number of fused-ring (bicyclic) bond motifs is 2. The molecule has 2 saturated heterocycles. The Morgan fingerprint density at radius 3 is 2.55 bits per heavy atom. The van der Waals surface area contributed by atoms with E-state index in [4.69, 9.17) is 25.8 Å². The molecule has 3 N–H and O–H groups in total. The van der Waals surface area contributed by atoms with Crippen molar-refractivity contribution in [3.63, 3.8) is 0 Å². The summed E-state index contributed by atoms with van der Waals surface area (Å²) in [5.74, 6) is -1.61. The van der Waals surface area contributed by atoms with Gasteiger partial charge in [0.05, 0.1) is 59.2 Å². The van der Waals surface area contributed by atoms with E-state index in [0.717, 1.165) is 36.9 Å². The highest BCUT2D eigenvalue weighted by molar-refractivity contribution is 7.90. The first-order valence-corrected chi connectivity index (χ1v) is 24.2. The third-order valence-electron chi connectivity index (χ3n) is 13.7. The van der Waals surface area contributed by atoms with Crippen molar-refractivity contribution in [1.29, 1.82) is 0 Å². The lowest BCUT2D eigenvalue weighted by atomic mass is 9.59. The van der Waals surface area contributed by atoms with Gasteiger partial charge in [-0.05, 0) is 97.2 Å². The molecule has 5 heterocycles. The van der Waals surface area contributed by atoms with Crippen molar-refractivity contribution in [2.24, 2.45) is 5.41 Å². The van der Waals surface area contributed by atoms with Crippen molar-refractivity contribution in [1.82, 2.24) is 19.6 Å². The second-order valence-corrected chi connectivity index (χ2v) is 19.8. The molecule has 5 aromatic rings. The molecule has 3 fully saturated rings. The molecule has 1 spiro atoms. The number of allylic oxidation sites excluding steroid dienone is 1. The number of nitrogens with one attached hydrogen (secondary N) is 3. The summed E-state index contributed by atoms with van der Waals surface area (Å²) >= 11 is 6.28. The molecule has 3 aliphatic heterocycles. The van der Waals surface area contributed by atoms with Crippen LogP contribution >= 0.6 is 11.6 Å². The number of anilines is 4. The highest BCUT2D eigenvalue weighted by Crippen LogP contribution is 2.55. The van der Waals surface area contributed by atoms with Gasteiger partial charge in [0.2, 0.25) is 5.88 Å². The van der Waals surface area contributed by atoms with Gasteiger partial charge < -0.3 is 34.3 Å². The largest absolute Gasteiger partial charge is 0.474 e. The van der Waals surface area contributed by atoms with E-state index < -0.39 is 37.3 Å². The molecule has 0 unspecified atom stereocenters. The van der Waals surface area contributed by atoms with Crippen molar-refractivity contribution < 1.29 is 36.7 Å². The molecule has 5 aliphatic rings. The van der Waals surface area contributed by atoms with E-state index in [1.165, 1.54) is 60.6 Å². The van der Waals surface area contributed by atoms with Crippen molar-refractivity contribution in [3.8, 4) is 5.88 Å². The molecule has 2 aliphatic carbocycles. The number of H-pyrrole nitrogens is 1. The number of sulfonamides is 1. The fraction of sp³-hybridized carbons (Fsp3) is 0.404. The maximum atomic E-state index is 17.6. The zero-order chi connectivity index (χ0) is 45.6. The zero-order valence-electron chi connectivity index (χ0n) is 36.2. The van der Waals surface area contributed by atoms with E-state index in [2.05, 4.69) is 37.0 Å². The topological polar surface area (TPSA) is 185 Å². The Kier molecular flexibility index (Phi) is 12.1. The summed E-state index contributed by atoms with van der Waals surface area (Å²) in [5, 5.41) is 16.5. The Morgan fingerprint density at radius 2 is 1.80 bits per heavy atom. The average molecular weight is 941 g/mol. The van der Waals surface area contributed by atoms with Crippen LogP contribution in [0.5, 0.6) is 5.88 Å². The number of rotatable bonds is 12. The SMILES string of the molecule is O=C(NS(=O)(=O)c1ccc(NC[C@H]2COCCO2)c([N+](=O)[O-])c1)c1ccc(N2CCN(CC3=C(c4ccc(Cl)cc4)CC4(CCC4)CC3)CC2)c(F)c1N1CCOc2nc3[nH]ccc3cc21. The van der Waals surface area contributed by atoms with Crippen LogP contribution in [0.25, 0.3) is 16.6 Å². The Hall–Kier alpha value is -5.79. The van der Waals surface area contributed by atoms with Gasteiger partial charge in [0, 0.05) is 61.9 Å². The highest BCUT2D eigenvalue weighted by atomic mass is 35.5. The number of piperazine rings is 1. The summed E-state index contributed by atoms with van der Waals surface area (Å²) in [5.41, 5.74) is 4.86. The number of ether oxygens (including phenoxy) is 3. The molecule has 2 aromatic heterocycles. The number of hydrogen-bond acceptors (Lipinski definition) is 13. The maximum Gasteiger partial charge on any atom is 0.293 e. The van der Waals surface area contributed by atoms with Crippen LogP contribution in [-0.4, -0.2) is 112 Å². The summed E-state index contributed by atoms with van der Waals surface area (Å²) in [6.07, 6.45) is 8.51. The Balaban J connectivity index is 0.925. The van der Waals surface area contributed by atoms with E-state index in [9.17, 15) is 23.3 Å². The first-order chi connectivity index (χ1) is 31.9. The molecule has 66 heavy (non-hydrogen) atoms.